The largest absolute Gasteiger partial charge is 0.465 e. The quantitative estimate of drug-likeness (QED) is 0.640. The van der Waals surface area contributed by atoms with E-state index in [-0.39, 0.29) is 24.0 Å². The van der Waals surface area contributed by atoms with Crippen LogP contribution in [0.5, 0.6) is 0 Å². The number of nitrogens with one attached hydrogen (secondary N) is 1. The van der Waals surface area contributed by atoms with Gasteiger partial charge in [-0.3, -0.25) is 14.9 Å². The van der Waals surface area contributed by atoms with Crippen molar-refractivity contribution in [1.82, 2.24) is 5.32 Å². The Hall–Kier alpha value is -1.10. The van der Waals surface area contributed by atoms with Crippen molar-refractivity contribution in [3.63, 3.8) is 0 Å². The monoisotopic (exact) mass is 201 g/mol. The van der Waals surface area contributed by atoms with Gasteiger partial charge in [0.25, 0.3) is 0 Å². The van der Waals surface area contributed by atoms with Crippen LogP contribution in [0.15, 0.2) is 0 Å². The lowest BCUT2D eigenvalue weighted by Gasteiger charge is -2.33. The summed E-state index contributed by atoms with van der Waals surface area (Å²) >= 11 is 0. The minimum atomic E-state index is -0.343. The van der Waals surface area contributed by atoms with Crippen molar-refractivity contribution in [1.29, 1.82) is 0 Å². The standard InChI is InChI=1S/C9H15NO4/c1-3-13-8(11)6-5-7(10-6)9(12)14-4-2/h6-7,10H,3-5H2,1-2H3/t6-,7-/m0/s1. The van der Waals surface area contributed by atoms with Crippen molar-refractivity contribution in [2.75, 3.05) is 13.2 Å². The molecule has 0 aromatic carbocycles. The third-order valence-corrected chi connectivity index (χ3v) is 2.02. The zero-order chi connectivity index (χ0) is 10.6. The molecule has 0 unspecified atom stereocenters. The van der Waals surface area contributed by atoms with E-state index in [0.29, 0.717) is 19.6 Å². The fraction of sp³-hybridized carbons (Fsp3) is 0.778. The van der Waals surface area contributed by atoms with Crippen LogP contribution in [0.3, 0.4) is 0 Å². The van der Waals surface area contributed by atoms with E-state index in [1.807, 2.05) is 0 Å². The molecule has 1 saturated heterocycles. The summed E-state index contributed by atoms with van der Waals surface area (Å²) in [7, 11) is 0. The van der Waals surface area contributed by atoms with Gasteiger partial charge in [0.1, 0.15) is 12.1 Å². The predicted molar refractivity (Wildman–Crippen MR) is 48.6 cm³/mol. The van der Waals surface area contributed by atoms with Gasteiger partial charge >= 0.3 is 11.9 Å². The molecule has 0 saturated carbocycles. The van der Waals surface area contributed by atoms with Gasteiger partial charge in [0, 0.05) is 0 Å². The van der Waals surface area contributed by atoms with E-state index >= 15 is 0 Å². The first-order chi connectivity index (χ1) is 6.69. The SMILES string of the molecule is CCOC(=O)[C@@H]1C[C@@H](C(=O)OCC)N1. The average molecular weight is 201 g/mol. The van der Waals surface area contributed by atoms with Crippen LogP contribution in [0, 0.1) is 0 Å². The third kappa shape index (κ3) is 2.45. The molecule has 0 radical (unpaired) electrons. The minimum absolute atomic E-state index is 0.298. The van der Waals surface area contributed by atoms with Gasteiger partial charge in [-0.25, -0.2) is 0 Å². The maximum atomic E-state index is 11.1. The second-order valence-electron chi connectivity index (χ2n) is 3.01. The van der Waals surface area contributed by atoms with E-state index in [4.69, 9.17) is 9.47 Å². The normalized spacial score (nSPS) is 25.0. The molecule has 1 aliphatic rings. The molecular weight excluding hydrogens is 186 g/mol. The lowest BCUT2D eigenvalue weighted by Crippen LogP contribution is -2.60. The zero-order valence-electron chi connectivity index (χ0n) is 8.41. The molecule has 0 aromatic rings. The number of esters is 2. The summed E-state index contributed by atoms with van der Waals surface area (Å²) in [6.45, 7) is 4.22. The summed E-state index contributed by atoms with van der Waals surface area (Å²) in [4.78, 5) is 22.2. The Morgan fingerprint density at radius 1 is 1.14 bits per heavy atom. The first-order valence-electron chi connectivity index (χ1n) is 4.78. The summed E-state index contributed by atoms with van der Waals surface area (Å²) in [5, 5.41) is 2.80. The smallest absolute Gasteiger partial charge is 0.323 e. The molecule has 80 valence electrons. The summed E-state index contributed by atoms with van der Waals surface area (Å²) < 4.78 is 9.56. The minimum Gasteiger partial charge on any atom is -0.465 e. The van der Waals surface area contributed by atoms with Crippen molar-refractivity contribution in [3.05, 3.63) is 0 Å². The Kier molecular flexibility index (Phi) is 3.88. The zero-order valence-corrected chi connectivity index (χ0v) is 8.41. The first kappa shape index (κ1) is 11.0. The summed E-state index contributed by atoms with van der Waals surface area (Å²) in [6, 6.07) is -0.686. The molecule has 0 aliphatic carbocycles. The van der Waals surface area contributed by atoms with Crippen LogP contribution >= 0.6 is 0 Å². The van der Waals surface area contributed by atoms with E-state index in [1.165, 1.54) is 0 Å². The fourth-order valence-electron chi connectivity index (χ4n) is 1.27. The van der Waals surface area contributed by atoms with Crippen LogP contribution in [0.25, 0.3) is 0 Å². The highest BCUT2D eigenvalue weighted by molar-refractivity contribution is 5.84. The van der Waals surface area contributed by atoms with Crippen LogP contribution < -0.4 is 5.32 Å². The Bertz CT molecular complexity index is 201. The number of hydrogen-bond acceptors (Lipinski definition) is 5. The van der Waals surface area contributed by atoms with Crippen molar-refractivity contribution in [2.24, 2.45) is 0 Å². The Morgan fingerprint density at radius 2 is 1.50 bits per heavy atom. The van der Waals surface area contributed by atoms with Crippen LogP contribution in [-0.2, 0) is 19.1 Å². The summed E-state index contributed by atoms with van der Waals surface area (Å²) in [5.41, 5.74) is 0. The Balaban J connectivity index is 2.22. The number of carbonyl (C=O) groups excluding carboxylic acids is 2. The molecule has 5 heteroatoms. The fourth-order valence-corrected chi connectivity index (χ4v) is 1.27. The molecule has 1 N–H and O–H groups in total. The molecule has 1 fully saturated rings. The van der Waals surface area contributed by atoms with Gasteiger partial charge in [0.05, 0.1) is 13.2 Å². The lowest BCUT2D eigenvalue weighted by molar-refractivity contribution is -0.155. The van der Waals surface area contributed by atoms with Gasteiger partial charge < -0.3 is 9.47 Å². The van der Waals surface area contributed by atoms with Gasteiger partial charge in [-0.1, -0.05) is 0 Å². The van der Waals surface area contributed by atoms with Crippen LogP contribution in [0.2, 0.25) is 0 Å². The highest BCUT2D eigenvalue weighted by Gasteiger charge is 2.39. The lowest BCUT2D eigenvalue weighted by atomic mass is 9.97. The van der Waals surface area contributed by atoms with E-state index < -0.39 is 0 Å². The van der Waals surface area contributed by atoms with E-state index in [2.05, 4.69) is 5.32 Å². The van der Waals surface area contributed by atoms with E-state index in [1.54, 1.807) is 13.8 Å². The predicted octanol–water partition coefficient (Wildman–Crippen LogP) is -0.157. The Morgan fingerprint density at radius 3 is 1.79 bits per heavy atom. The highest BCUT2D eigenvalue weighted by Crippen LogP contribution is 2.14. The highest BCUT2D eigenvalue weighted by atomic mass is 16.5. The van der Waals surface area contributed by atoms with Gasteiger partial charge in [0.2, 0.25) is 0 Å². The molecule has 0 spiro atoms. The molecule has 1 heterocycles. The van der Waals surface area contributed by atoms with E-state index in [0.717, 1.165) is 0 Å². The molecule has 0 amide bonds. The second-order valence-corrected chi connectivity index (χ2v) is 3.01. The van der Waals surface area contributed by atoms with Crippen molar-refractivity contribution in [2.45, 2.75) is 32.4 Å². The van der Waals surface area contributed by atoms with Gasteiger partial charge in [-0.2, -0.15) is 0 Å². The maximum Gasteiger partial charge on any atom is 0.323 e. The van der Waals surface area contributed by atoms with Crippen LogP contribution in [0.1, 0.15) is 20.3 Å². The molecule has 1 aliphatic heterocycles. The maximum absolute atomic E-state index is 11.1. The second kappa shape index (κ2) is 4.95. The van der Waals surface area contributed by atoms with Gasteiger partial charge in [0.15, 0.2) is 0 Å². The first-order valence-corrected chi connectivity index (χ1v) is 4.78. The van der Waals surface area contributed by atoms with Gasteiger partial charge in [-0.05, 0) is 20.3 Å². The average Bonchev–Trinajstić information content (AvgIpc) is 2.02. The molecule has 0 aromatic heterocycles. The number of ether oxygens (including phenoxy) is 2. The molecule has 14 heavy (non-hydrogen) atoms. The number of hydrogen-bond donors (Lipinski definition) is 1. The van der Waals surface area contributed by atoms with E-state index in [9.17, 15) is 9.59 Å². The molecule has 1 rings (SSSR count). The van der Waals surface area contributed by atoms with Crippen LogP contribution in [-0.4, -0.2) is 37.2 Å². The topological polar surface area (TPSA) is 64.6 Å². The van der Waals surface area contributed by atoms with Crippen molar-refractivity contribution in [3.8, 4) is 0 Å². The molecule has 2 atom stereocenters. The molecule has 0 bridgehead atoms. The van der Waals surface area contributed by atoms with Crippen molar-refractivity contribution < 1.29 is 19.1 Å². The number of rotatable bonds is 4. The number of carbonyl (C=O) groups is 2. The summed E-state index contributed by atoms with van der Waals surface area (Å²) in [5.74, 6) is -0.596. The van der Waals surface area contributed by atoms with Crippen molar-refractivity contribution >= 4 is 11.9 Å². The summed E-state index contributed by atoms with van der Waals surface area (Å²) in [6.07, 6.45) is 0.470. The van der Waals surface area contributed by atoms with Crippen LogP contribution in [0.4, 0.5) is 0 Å². The molecular formula is C9H15NO4. The van der Waals surface area contributed by atoms with Gasteiger partial charge in [-0.15, -0.1) is 0 Å². The molecule has 5 nitrogen and oxygen atoms in total. The third-order valence-electron chi connectivity index (χ3n) is 2.02. The Labute approximate surface area is 82.8 Å².